The number of rotatable bonds is 2. The third-order valence-electron chi connectivity index (χ3n) is 1.91. The van der Waals surface area contributed by atoms with Gasteiger partial charge in [-0.2, -0.15) is 0 Å². The van der Waals surface area contributed by atoms with Crippen molar-refractivity contribution in [2.24, 2.45) is 0 Å². The van der Waals surface area contributed by atoms with E-state index in [4.69, 9.17) is 0 Å². The van der Waals surface area contributed by atoms with Crippen LogP contribution in [0.25, 0.3) is 11.2 Å². The lowest BCUT2D eigenvalue weighted by Crippen LogP contribution is -2.23. The van der Waals surface area contributed by atoms with Crippen LogP contribution in [0, 0.1) is 0 Å². The van der Waals surface area contributed by atoms with Gasteiger partial charge in [0.05, 0.1) is 6.33 Å². The number of aromatic amines is 1. The molecule has 0 fully saturated rings. The van der Waals surface area contributed by atoms with Crippen molar-refractivity contribution in [3.8, 4) is 0 Å². The first kappa shape index (κ1) is 9.99. The van der Waals surface area contributed by atoms with Gasteiger partial charge in [0.15, 0.2) is 10.7 Å². The van der Waals surface area contributed by atoms with Gasteiger partial charge < -0.3 is 4.98 Å². The van der Waals surface area contributed by atoms with Crippen LogP contribution in [0.3, 0.4) is 0 Å². The molecule has 15 heavy (non-hydrogen) atoms. The van der Waals surface area contributed by atoms with Crippen molar-refractivity contribution in [1.29, 1.82) is 0 Å². The van der Waals surface area contributed by atoms with Crippen molar-refractivity contribution < 1.29 is 8.42 Å². The zero-order valence-corrected chi connectivity index (χ0v) is 8.98. The van der Waals surface area contributed by atoms with Crippen LogP contribution in [0.1, 0.15) is 0 Å². The SMILES string of the molecule is CN(C)S(=O)(=O)c1ncnc2nc[nH]c12. The normalized spacial score (nSPS) is 12.5. The van der Waals surface area contributed by atoms with Crippen molar-refractivity contribution in [3.05, 3.63) is 12.7 Å². The average molecular weight is 227 g/mol. The molecule has 0 aromatic carbocycles. The highest BCUT2D eigenvalue weighted by molar-refractivity contribution is 7.89. The molecule has 0 spiro atoms. The van der Waals surface area contributed by atoms with E-state index in [-0.39, 0.29) is 5.03 Å². The molecule has 80 valence electrons. The number of sulfonamides is 1. The smallest absolute Gasteiger partial charge is 0.262 e. The maximum atomic E-state index is 11.8. The maximum absolute atomic E-state index is 11.8. The molecule has 0 aliphatic heterocycles. The van der Waals surface area contributed by atoms with Gasteiger partial charge in [-0.3, -0.25) is 0 Å². The van der Waals surface area contributed by atoms with E-state index >= 15 is 0 Å². The van der Waals surface area contributed by atoms with Gasteiger partial charge in [0.25, 0.3) is 10.0 Å². The number of hydrogen-bond donors (Lipinski definition) is 1. The summed E-state index contributed by atoms with van der Waals surface area (Å²) in [4.78, 5) is 14.2. The molecule has 2 heterocycles. The third-order valence-corrected chi connectivity index (χ3v) is 3.67. The fourth-order valence-electron chi connectivity index (χ4n) is 1.11. The Morgan fingerprint density at radius 2 is 2.00 bits per heavy atom. The highest BCUT2D eigenvalue weighted by atomic mass is 32.2. The molecule has 0 radical (unpaired) electrons. The second-order valence-corrected chi connectivity index (χ2v) is 5.13. The van der Waals surface area contributed by atoms with Crippen molar-refractivity contribution in [1.82, 2.24) is 24.2 Å². The molecule has 2 rings (SSSR count). The summed E-state index contributed by atoms with van der Waals surface area (Å²) >= 11 is 0. The first-order valence-electron chi connectivity index (χ1n) is 4.10. The number of nitrogens with zero attached hydrogens (tertiary/aromatic N) is 4. The Bertz CT molecular complexity index is 588. The predicted octanol–water partition coefficient (Wildman–Crippen LogP) is -0.397. The highest BCUT2D eigenvalue weighted by Crippen LogP contribution is 2.17. The minimum Gasteiger partial charge on any atom is -0.341 e. The van der Waals surface area contributed by atoms with Gasteiger partial charge in [-0.15, -0.1) is 0 Å². The number of H-pyrrole nitrogens is 1. The Morgan fingerprint density at radius 3 is 2.67 bits per heavy atom. The predicted molar refractivity (Wildman–Crippen MR) is 52.6 cm³/mol. The number of nitrogens with one attached hydrogen (secondary N) is 1. The average Bonchev–Trinajstić information content (AvgIpc) is 2.64. The van der Waals surface area contributed by atoms with E-state index < -0.39 is 10.0 Å². The number of fused-ring (bicyclic) bond motifs is 1. The van der Waals surface area contributed by atoms with E-state index in [2.05, 4.69) is 19.9 Å². The highest BCUT2D eigenvalue weighted by Gasteiger charge is 2.23. The molecule has 0 amide bonds. The van der Waals surface area contributed by atoms with Crippen LogP contribution in [-0.2, 0) is 10.0 Å². The van der Waals surface area contributed by atoms with Crippen molar-refractivity contribution in [3.63, 3.8) is 0 Å². The summed E-state index contributed by atoms with van der Waals surface area (Å²) in [5.74, 6) is 0. The van der Waals surface area contributed by atoms with Gasteiger partial charge in [-0.1, -0.05) is 0 Å². The van der Waals surface area contributed by atoms with E-state index in [1.165, 1.54) is 26.7 Å². The number of hydrogen-bond acceptors (Lipinski definition) is 5. The molecule has 2 aromatic heterocycles. The summed E-state index contributed by atoms with van der Waals surface area (Å²) in [7, 11) is -0.674. The summed E-state index contributed by atoms with van der Waals surface area (Å²) < 4.78 is 24.8. The van der Waals surface area contributed by atoms with Gasteiger partial charge in [-0.25, -0.2) is 27.7 Å². The van der Waals surface area contributed by atoms with Crippen molar-refractivity contribution in [2.45, 2.75) is 5.03 Å². The zero-order valence-electron chi connectivity index (χ0n) is 8.17. The van der Waals surface area contributed by atoms with Crippen LogP contribution in [0.5, 0.6) is 0 Å². The minimum absolute atomic E-state index is 0.0602. The van der Waals surface area contributed by atoms with Gasteiger partial charge in [-0.05, 0) is 0 Å². The molecule has 8 heteroatoms. The summed E-state index contributed by atoms with van der Waals surface area (Å²) in [5.41, 5.74) is 0.664. The lowest BCUT2D eigenvalue weighted by atomic mass is 10.6. The Hall–Kier alpha value is -1.54. The van der Waals surface area contributed by atoms with E-state index in [1.54, 1.807) is 0 Å². The largest absolute Gasteiger partial charge is 0.341 e. The fourth-order valence-corrected chi connectivity index (χ4v) is 2.05. The maximum Gasteiger partial charge on any atom is 0.262 e. The standard InChI is InChI=1S/C7H9N5O2S/c1-12(2)15(13,14)7-5-6(9-3-8-5)10-4-11-7/h3-4H,1-2H3,(H,8,9,10,11). The van der Waals surface area contributed by atoms with Crippen LogP contribution in [0.2, 0.25) is 0 Å². The fraction of sp³-hybridized carbons (Fsp3) is 0.286. The summed E-state index contributed by atoms with van der Waals surface area (Å²) in [5, 5.41) is -0.0602. The summed E-state index contributed by atoms with van der Waals surface area (Å²) in [6.07, 6.45) is 2.56. The Kier molecular flexibility index (Phi) is 2.16. The van der Waals surface area contributed by atoms with Gasteiger partial charge in [0, 0.05) is 14.1 Å². The molecular formula is C7H9N5O2S. The Balaban J connectivity index is 2.77. The van der Waals surface area contributed by atoms with E-state index in [9.17, 15) is 8.42 Å². The van der Waals surface area contributed by atoms with Gasteiger partial charge in [0.1, 0.15) is 11.8 Å². The monoisotopic (exact) mass is 227 g/mol. The second-order valence-electron chi connectivity index (χ2n) is 3.07. The van der Waals surface area contributed by atoms with Crippen molar-refractivity contribution >= 4 is 21.2 Å². The molecular weight excluding hydrogens is 218 g/mol. The van der Waals surface area contributed by atoms with E-state index in [0.717, 1.165) is 4.31 Å². The lowest BCUT2D eigenvalue weighted by molar-refractivity contribution is 0.518. The molecule has 0 saturated heterocycles. The summed E-state index contributed by atoms with van der Waals surface area (Å²) in [6, 6.07) is 0. The molecule has 0 aliphatic rings. The Labute approximate surface area is 86.2 Å². The number of imidazole rings is 1. The number of aromatic nitrogens is 4. The molecule has 7 nitrogen and oxygen atoms in total. The molecule has 2 aromatic rings. The molecule has 0 bridgehead atoms. The molecule has 0 atom stereocenters. The molecule has 0 unspecified atom stereocenters. The van der Waals surface area contributed by atoms with E-state index in [0.29, 0.717) is 11.2 Å². The molecule has 1 N–H and O–H groups in total. The van der Waals surface area contributed by atoms with Crippen LogP contribution >= 0.6 is 0 Å². The minimum atomic E-state index is -3.56. The lowest BCUT2D eigenvalue weighted by Gasteiger charge is -2.09. The van der Waals surface area contributed by atoms with Crippen LogP contribution in [0.15, 0.2) is 17.7 Å². The van der Waals surface area contributed by atoms with Gasteiger partial charge >= 0.3 is 0 Å². The quantitative estimate of drug-likeness (QED) is 0.705. The third kappa shape index (κ3) is 1.47. The van der Waals surface area contributed by atoms with E-state index in [1.807, 2.05) is 0 Å². The molecule has 0 saturated carbocycles. The first-order chi connectivity index (χ1) is 7.03. The van der Waals surface area contributed by atoms with Crippen LogP contribution < -0.4 is 0 Å². The summed E-state index contributed by atoms with van der Waals surface area (Å²) in [6.45, 7) is 0. The van der Waals surface area contributed by atoms with Gasteiger partial charge in [0.2, 0.25) is 0 Å². The van der Waals surface area contributed by atoms with Crippen LogP contribution in [-0.4, -0.2) is 46.8 Å². The molecule has 0 aliphatic carbocycles. The Morgan fingerprint density at radius 1 is 1.27 bits per heavy atom. The zero-order chi connectivity index (χ0) is 11.1. The first-order valence-corrected chi connectivity index (χ1v) is 5.54. The van der Waals surface area contributed by atoms with Crippen molar-refractivity contribution in [2.75, 3.05) is 14.1 Å². The van der Waals surface area contributed by atoms with Crippen LogP contribution in [0.4, 0.5) is 0 Å². The second kappa shape index (κ2) is 3.24. The topological polar surface area (TPSA) is 91.8 Å².